The van der Waals surface area contributed by atoms with E-state index >= 15 is 0 Å². The van der Waals surface area contributed by atoms with Crippen LogP contribution in [0.5, 0.6) is 0 Å². The van der Waals surface area contributed by atoms with Gasteiger partial charge in [-0.1, -0.05) is 18.2 Å². The summed E-state index contributed by atoms with van der Waals surface area (Å²) in [6.07, 6.45) is 1.55. The lowest BCUT2D eigenvalue weighted by Crippen LogP contribution is -2.23. The van der Waals surface area contributed by atoms with Crippen molar-refractivity contribution in [3.8, 4) is 0 Å². The Labute approximate surface area is 174 Å². The van der Waals surface area contributed by atoms with Gasteiger partial charge in [-0.15, -0.1) is 0 Å². The molecule has 0 spiro atoms. The summed E-state index contributed by atoms with van der Waals surface area (Å²) in [7, 11) is 3.35. The van der Waals surface area contributed by atoms with E-state index in [9.17, 15) is 14.0 Å². The predicted molar refractivity (Wildman–Crippen MR) is 114 cm³/mol. The largest absolute Gasteiger partial charge is 0.345 e. The molecular weight excluding hydrogens is 383 g/mol. The minimum absolute atomic E-state index is 0.163. The number of amides is 2. The Morgan fingerprint density at radius 1 is 0.967 bits per heavy atom. The number of rotatable bonds is 7. The molecule has 0 unspecified atom stereocenters. The molecular formula is C23H23FN4O2. The van der Waals surface area contributed by atoms with Crippen LogP contribution < -0.4 is 10.6 Å². The van der Waals surface area contributed by atoms with Crippen LogP contribution in [0, 0.1) is 5.82 Å². The average Bonchev–Trinajstić information content (AvgIpc) is 2.75. The molecule has 0 aliphatic heterocycles. The number of nitrogens with zero attached hydrogens (tertiary/aromatic N) is 2. The molecule has 0 bridgehead atoms. The van der Waals surface area contributed by atoms with Gasteiger partial charge in [0, 0.05) is 44.6 Å². The first-order chi connectivity index (χ1) is 14.4. The van der Waals surface area contributed by atoms with Crippen LogP contribution in [0.25, 0.3) is 0 Å². The minimum atomic E-state index is -0.352. The second-order valence-corrected chi connectivity index (χ2v) is 7.02. The van der Waals surface area contributed by atoms with Gasteiger partial charge >= 0.3 is 0 Å². The summed E-state index contributed by atoms with van der Waals surface area (Å²) in [5.41, 5.74) is 3.05. The van der Waals surface area contributed by atoms with E-state index in [1.807, 2.05) is 6.07 Å². The van der Waals surface area contributed by atoms with Crippen LogP contribution >= 0.6 is 0 Å². The summed E-state index contributed by atoms with van der Waals surface area (Å²) in [5.74, 6) is -0.791. The van der Waals surface area contributed by atoms with Crippen LogP contribution in [-0.2, 0) is 13.1 Å². The van der Waals surface area contributed by atoms with E-state index in [0.29, 0.717) is 24.3 Å². The Morgan fingerprint density at radius 3 is 2.37 bits per heavy atom. The predicted octanol–water partition coefficient (Wildman–Crippen LogP) is 3.46. The van der Waals surface area contributed by atoms with Gasteiger partial charge in [0.2, 0.25) is 0 Å². The topological polar surface area (TPSA) is 74.3 Å². The number of carbonyl (C=O) groups is 2. The highest BCUT2D eigenvalue weighted by atomic mass is 19.1. The number of anilines is 1. The molecule has 30 heavy (non-hydrogen) atoms. The molecule has 1 aromatic heterocycles. The summed E-state index contributed by atoms with van der Waals surface area (Å²) >= 11 is 0. The van der Waals surface area contributed by atoms with Crippen LogP contribution in [0.3, 0.4) is 0 Å². The van der Waals surface area contributed by atoms with Crippen molar-refractivity contribution in [3.63, 3.8) is 0 Å². The fraction of sp³-hybridized carbons (Fsp3) is 0.174. The van der Waals surface area contributed by atoms with E-state index in [1.165, 1.54) is 17.0 Å². The molecule has 2 amide bonds. The highest BCUT2D eigenvalue weighted by molar-refractivity contribution is 6.04. The third kappa shape index (κ3) is 5.71. The Balaban J connectivity index is 1.76. The number of pyridine rings is 1. The van der Waals surface area contributed by atoms with Crippen molar-refractivity contribution in [2.75, 3.05) is 19.4 Å². The van der Waals surface area contributed by atoms with Gasteiger partial charge in [0.15, 0.2) is 0 Å². The smallest absolute Gasteiger partial charge is 0.274 e. The SMILES string of the molecule is CN(C)C(=O)c1cc(CNCc2ccc(F)cc2)cc(NC(=O)c2ccccn2)c1. The summed E-state index contributed by atoms with van der Waals surface area (Å²) in [4.78, 5) is 30.5. The van der Waals surface area contributed by atoms with Crippen LogP contribution in [-0.4, -0.2) is 35.8 Å². The zero-order chi connectivity index (χ0) is 21.5. The summed E-state index contributed by atoms with van der Waals surface area (Å²) in [6, 6.07) is 16.6. The zero-order valence-electron chi connectivity index (χ0n) is 16.9. The lowest BCUT2D eigenvalue weighted by molar-refractivity contribution is 0.0827. The number of nitrogens with one attached hydrogen (secondary N) is 2. The van der Waals surface area contributed by atoms with Crippen molar-refractivity contribution in [2.45, 2.75) is 13.1 Å². The highest BCUT2D eigenvalue weighted by Crippen LogP contribution is 2.18. The number of carbonyl (C=O) groups excluding carboxylic acids is 2. The van der Waals surface area contributed by atoms with Crippen LogP contribution in [0.4, 0.5) is 10.1 Å². The van der Waals surface area contributed by atoms with Crippen molar-refractivity contribution in [1.82, 2.24) is 15.2 Å². The van der Waals surface area contributed by atoms with Crippen molar-refractivity contribution < 1.29 is 14.0 Å². The maximum atomic E-state index is 13.0. The lowest BCUT2D eigenvalue weighted by atomic mass is 10.1. The molecule has 1 heterocycles. The van der Waals surface area contributed by atoms with E-state index in [2.05, 4.69) is 15.6 Å². The lowest BCUT2D eigenvalue weighted by Gasteiger charge is -2.14. The normalized spacial score (nSPS) is 10.5. The number of hydrogen-bond donors (Lipinski definition) is 2. The van der Waals surface area contributed by atoms with Crippen LogP contribution in [0.1, 0.15) is 32.0 Å². The number of aromatic nitrogens is 1. The second kappa shape index (κ2) is 9.76. The van der Waals surface area contributed by atoms with Gasteiger partial charge in [0.05, 0.1) is 0 Å². The summed E-state index contributed by atoms with van der Waals surface area (Å²) in [5, 5.41) is 6.08. The van der Waals surface area contributed by atoms with Crippen molar-refractivity contribution in [1.29, 1.82) is 0 Å². The maximum Gasteiger partial charge on any atom is 0.274 e. The van der Waals surface area contributed by atoms with Crippen molar-refractivity contribution >= 4 is 17.5 Å². The molecule has 6 nitrogen and oxygen atoms in total. The van der Waals surface area contributed by atoms with Crippen molar-refractivity contribution in [3.05, 3.63) is 95.1 Å². The van der Waals surface area contributed by atoms with E-state index in [0.717, 1.165) is 11.1 Å². The Kier molecular flexibility index (Phi) is 6.87. The van der Waals surface area contributed by atoms with Crippen LogP contribution in [0.15, 0.2) is 66.9 Å². The molecule has 0 aliphatic rings. The Hall–Kier alpha value is -3.58. The van der Waals surface area contributed by atoms with Gasteiger partial charge in [0.25, 0.3) is 11.8 Å². The molecule has 0 saturated carbocycles. The third-order valence-corrected chi connectivity index (χ3v) is 4.37. The van der Waals surface area contributed by atoms with E-state index < -0.39 is 0 Å². The monoisotopic (exact) mass is 406 g/mol. The first-order valence-electron chi connectivity index (χ1n) is 9.45. The molecule has 2 aromatic carbocycles. The van der Waals surface area contributed by atoms with E-state index in [1.54, 1.807) is 62.8 Å². The Bertz CT molecular complexity index is 1020. The van der Waals surface area contributed by atoms with Gasteiger partial charge in [-0.2, -0.15) is 0 Å². The molecule has 0 atom stereocenters. The fourth-order valence-electron chi connectivity index (χ4n) is 2.89. The van der Waals surface area contributed by atoms with E-state index in [4.69, 9.17) is 0 Å². The molecule has 0 saturated heterocycles. The molecule has 0 aliphatic carbocycles. The standard InChI is InChI=1S/C23H23FN4O2/c1-28(2)23(30)18-11-17(15-25-14-16-6-8-19(24)9-7-16)12-20(13-18)27-22(29)21-5-3-4-10-26-21/h3-13,25H,14-15H2,1-2H3,(H,27,29). The maximum absolute atomic E-state index is 13.0. The van der Waals surface area contributed by atoms with E-state index in [-0.39, 0.29) is 23.3 Å². The minimum Gasteiger partial charge on any atom is -0.345 e. The first kappa shape index (κ1) is 21.1. The third-order valence-electron chi connectivity index (χ3n) is 4.37. The first-order valence-corrected chi connectivity index (χ1v) is 9.45. The summed E-state index contributed by atoms with van der Waals surface area (Å²) in [6.45, 7) is 1.01. The second-order valence-electron chi connectivity index (χ2n) is 7.02. The zero-order valence-corrected chi connectivity index (χ0v) is 16.9. The molecule has 0 radical (unpaired) electrons. The molecule has 3 rings (SSSR count). The molecule has 154 valence electrons. The van der Waals surface area contributed by atoms with Gasteiger partial charge in [-0.05, 0) is 53.6 Å². The average molecular weight is 406 g/mol. The quantitative estimate of drug-likeness (QED) is 0.630. The fourth-order valence-corrected chi connectivity index (χ4v) is 2.89. The number of halogens is 1. The van der Waals surface area contributed by atoms with Crippen molar-refractivity contribution in [2.24, 2.45) is 0 Å². The van der Waals surface area contributed by atoms with Gasteiger partial charge in [0.1, 0.15) is 11.5 Å². The van der Waals surface area contributed by atoms with Gasteiger partial charge < -0.3 is 15.5 Å². The highest BCUT2D eigenvalue weighted by Gasteiger charge is 2.13. The van der Waals surface area contributed by atoms with Crippen LogP contribution in [0.2, 0.25) is 0 Å². The number of benzene rings is 2. The molecule has 2 N–H and O–H groups in total. The van der Waals surface area contributed by atoms with Gasteiger partial charge in [-0.3, -0.25) is 14.6 Å². The number of hydrogen-bond acceptors (Lipinski definition) is 4. The molecule has 3 aromatic rings. The summed E-state index contributed by atoms with van der Waals surface area (Å²) < 4.78 is 13.0. The molecule has 7 heteroatoms. The van der Waals surface area contributed by atoms with Gasteiger partial charge in [-0.25, -0.2) is 4.39 Å². The Morgan fingerprint density at radius 2 is 1.70 bits per heavy atom. The molecule has 0 fully saturated rings.